The van der Waals surface area contributed by atoms with Crippen LogP contribution in [0.25, 0.3) is 0 Å². The minimum Gasteiger partial charge on any atom is -0.394 e. The third-order valence-corrected chi connectivity index (χ3v) is 25.9. The minimum atomic E-state index is -2.73. The summed E-state index contributed by atoms with van der Waals surface area (Å²) in [6, 6.07) is -3.76. The molecule has 2 amide bonds. The summed E-state index contributed by atoms with van der Waals surface area (Å²) < 4.78 is 136. The molecular formula is C76H128N2O61. The van der Waals surface area contributed by atoms with Crippen molar-refractivity contribution in [3.63, 3.8) is 0 Å². The monoisotopic (exact) mass is 2040 g/mol. The lowest BCUT2D eigenvalue weighted by Crippen LogP contribution is -2.70. The quantitative estimate of drug-likeness (QED) is 0.0277. The van der Waals surface area contributed by atoms with Crippen LogP contribution in [0.1, 0.15) is 13.8 Å². The molecule has 0 spiro atoms. The summed E-state index contributed by atoms with van der Waals surface area (Å²) in [6.07, 6.45) is -131. The first-order chi connectivity index (χ1) is 65.9. The molecule has 63 nitrogen and oxygen atoms in total. The molecule has 139 heavy (non-hydrogen) atoms. The van der Waals surface area contributed by atoms with Crippen molar-refractivity contribution in [3.8, 4) is 0 Å². The van der Waals surface area contributed by atoms with Crippen LogP contribution in [-0.4, -0.2) is 643 Å². The molecule has 12 saturated heterocycles. The predicted octanol–water partition coefficient (Wildman–Crippen LogP) is -26.9. The zero-order valence-electron chi connectivity index (χ0n) is 73.4. The van der Waals surface area contributed by atoms with E-state index in [0.717, 1.165) is 13.8 Å². The average molecular weight is 2050 g/mol. The molecule has 0 aromatic carbocycles. The highest BCUT2D eigenvalue weighted by Gasteiger charge is 2.64. The molecule has 0 aromatic heterocycles. The largest absolute Gasteiger partial charge is 0.394 e. The number of rotatable bonds is 36. The summed E-state index contributed by atoms with van der Waals surface area (Å²) in [5.74, 6) is -1.86. The van der Waals surface area contributed by atoms with Crippen molar-refractivity contribution < 1.29 is 302 Å². The Kier molecular flexibility index (Phi) is 41.0. The standard InChI is InChI=1S/C76H128N2O61/c1-15(89)77-29-41(101)56(25(11-87)119-65(29)116)131-66-30(78-16(2)90)42(102)57(26(12-88)128-66)132-71-55(115)59(134-74-64(50(110)38(98)22(8-84)125-74)139-76-63(49(109)37(97)24(10-86)127-76)137-70-53(113)45(105)33(93)19(5-81)122-70)40(100)28(130-71)13-117-67-54(114)58(133-73-61(47(107)35(95)21(7-83)124-73)135-68-51(111)43(103)31(91)17(3-79)120-68)39(99)27(129-67)14-118-72-60(46(106)34(94)20(6-82)123-72)138-75-62(48(108)36(96)23(9-85)126-75)136-69-52(112)44(104)32(92)18(4-80)121-69/h17-76,79-88,91-116H,3-14H2,1-2H3,(H,77,89)(H,78,90)/t17-,18-,19-,20-,21-,22-,23-,24-,25-,26-,27-,28-,29-,30-,31-,32+,33-,34-,35-,36-,37-,38-,39-,40-,41-,42-,43+,44+,45+,46+,47+,48+,49+,50+,51+,52-,53-,54+,55+,56-,57-,58+,59+,60+,61+,62+,63+,64+,65?,66+,67+,68-,69-,70-,71+,72+,73-,74-,75-,76-/m1/s1. The van der Waals surface area contributed by atoms with Gasteiger partial charge in [0.1, 0.15) is 293 Å². The smallest absolute Gasteiger partial charge is 0.217 e. The van der Waals surface area contributed by atoms with Gasteiger partial charge in [-0.25, -0.2) is 0 Å². The van der Waals surface area contributed by atoms with Crippen LogP contribution in [0.3, 0.4) is 0 Å². The number of aliphatic hydroxyl groups excluding tert-OH is 36. The molecule has 0 aliphatic carbocycles. The summed E-state index contributed by atoms with van der Waals surface area (Å²) in [4.78, 5) is 25.5. The number of hydrogen-bond acceptors (Lipinski definition) is 61. The van der Waals surface area contributed by atoms with Crippen LogP contribution in [0.2, 0.25) is 0 Å². The van der Waals surface area contributed by atoms with Crippen molar-refractivity contribution in [2.24, 2.45) is 0 Å². The van der Waals surface area contributed by atoms with Gasteiger partial charge in [-0.05, 0) is 0 Å². The maximum Gasteiger partial charge on any atom is 0.217 e. The molecule has 12 heterocycles. The highest BCUT2D eigenvalue weighted by atomic mass is 16.8. The third kappa shape index (κ3) is 24.5. The van der Waals surface area contributed by atoms with E-state index >= 15 is 0 Å². The molecule has 12 aliphatic rings. The lowest BCUT2D eigenvalue weighted by molar-refractivity contribution is -0.409. The molecular weight excluding hydrogens is 1920 g/mol. The average Bonchev–Trinajstić information content (AvgIpc) is 0.760. The summed E-state index contributed by atoms with van der Waals surface area (Å²) in [5, 5.41) is 408. The van der Waals surface area contributed by atoms with E-state index < -0.39 is 459 Å². The summed E-state index contributed by atoms with van der Waals surface area (Å²) >= 11 is 0. The molecule has 60 atom stereocenters. The topological polar surface area (TPSA) is 999 Å². The summed E-state index contributed by atoms with van der Waals surface area (Å²) in [6.45, 7) is -12.5. The second-order valence-corrected chi connectivity index (χ2v) is 35.2. The van der Waals surface area contributed by atoms with Crippen LogP contribution in [-0.2, 0) is 119 Å². The summed E-state index contributed by atoms with van der Waals surface area (Å²) in [7, 11) is 0. The van der Waals surface area contributed by atoms with E-state index in [9.17, 15) is 193 Å². The number of amides is 2. The zero-order chi connectivity index (χ0) is 102. The number of carbonyl (C=O) groups is 2. The van der Waals surface area contributed by atoms with E-state index in [-0.39, 0.29) is 0 Å². The molecule has 0 radical (unpaired) electrons. The van der Waals surface area contributed by atoms with E-state index in [1.54, 1.807) is 0 Å². The number of ether oxygens (including phenoxy) is 23. The Labute approximate surface area is 784 Å². The van der Waals surface area contributed by atoms with Crippen LogP contribution < -0.4 is 10.6 Å². The fourth-order valence-electron chi connectivity index (χ4n) is 17.9. The molecule has 12 fully saturated rings. The van der Waals surface area contributed by atoms with E-state index in [1.807, 2.05) is 0 Å². The molecule has 0 bridgehead atoms. The Hall–Kier alpha value is -3.42. The van der Waals surface area contributed by atoms with Gasteiger partial charge in [0.15, 0.2) is 75.5 Å². The Balaban J connectivity index is 0.912. The highest BCUT2D eigenvalue weighted by Crippen LogP contribution is 2.43. The summed E-state index contributed by atoms with van der Waals surface area (Å²) in [5.41, 5.74) is 0. The molecule has 12 rings (SSSR count). The number of hydrogen-bond donors (Lipinski definition) is 38. The zero-order valence-corrected chi connectivity index (χ0v) is 73.4. The van der Waals surface area contributed by atoms with E-state index in [2.05, 4.69) is 10.6 Å². The van der Waals surface area contributed by atoms with Gasteiger partial charge in [0.05, 0.1) is 79.3 Å². The molecule has 63 heteroatoms. The van der Waals surface area contributed by atoms with Crippen LogP contribution in [0.5, 0.6) is 0 Å². The van der Waals surface area contributed by atoms with Crippen molar-refractivity contribution in [2.75, 3.05) is 79.3 Å². The van der Waals surface area contributed by atoms with Crippen LogP contribution in [0.4, 0.5) is 0 Å². The maximum absolute atomic E-state index is 13.2. The number of carbonyl (C=O) groups excluding carboxylic acids is 2. The van der Waals surface area contributed by atoms with Crippen molar-refractivity contribution >= 4 is 11.8 Å². The molecule has 0 aromatic rings. The first kappa shape index (κ1) is 114. The predicted molar refractivity (Wildman–Crippen MR) is 418 cm³/mol. The second kappa shape index (κ2) is 49.8. The molecule has 38 N–H and O–H groups in total. The normalized spacial score (nSPS) is 51.9. The van der Waals surface area contributed by atoms with Crippen molar-refractivity contribution in [3.05, 3.63) is 0 Å². The Morgan fingerprint density at radius 3 is 0.712 bits per heavy atom. The number of aliphatic hydroxyl groups is 36. The van der Waals surface area contributed by atoms with Gasteiger partial charge in [0.2, 0.25) is 11.8 Å². The minimum absolute atomic E-state index is 0.838. The fourth-order valence-corrected chi connectivity index (χ4v) is 17.9. The van der Waals surface area contributed by atoms with Crippen molar-refractivity contribution in [1.82, 2.24) is 10.6 Å². The Bertz CT molecular complexity index is 3730. The van der Waals surface area contributed by atoms with Gasteiger partial charge in [0.25, 0.3) is 0 Å². The molecule has 808 valence electrons. The van der Waals surface area contributed by atoms with Gasteiger partial charge < -0.3 is 303 Å². The van der Waals surface area contributed by atoms with Gasteiger partial charge in [-0.15, -0.1) is 0 Å². The van der Waals surface area contributed by atoms with E-state index in [4.69, 9.17) is 109 Å². The third-order valence-electron chi connectivity index (χ3n) is 25.9. The Morgan fingerprint density at radius 1 is 0.187 bits per heavy atom. The SMILES string of the molecule is CC(=O)N[C@H]1[C@H](O[C@H]2[C@H](O)[C@@H](NC(C)=O)C(O)O[C@@H]2CO)O[C@H](CO)[C@@H](O[C@@H]2O[C@H](CO[C@H]3O[C@H](CO[C@H]4O[C@H](CO)[C@@H](O)[C@H](O)[C@@H]4O[C@H]4O[C@H](CO)[C@@H](O)[C@H](O)[C@@H]4O[C@H]4O[C@H](CO)[C@H](O)[C@H](O)[C@H]4O)[C@@H](O)[C@H](O[C@H]4O[C@H](CO)[C@@H](O)[C@H](O)[C@@H]4O[C@H]4O[C@H](CO)[C@@H](O)[C@H](O)[C@@H]4O)[C@@H]3O)[C@@H](O)[C@H](O[C@H]3O[C@H](CO)[C@@H](O)[C@H](O)[C@@H]3O[C@H]3O[C@H](CO)[C@@H](O)[C@H](O)[C@@H]3O[C@H]3O[C@H](CO)[C@@H](O)[C@H](O)[C@H]3O)[C@@H]2O)[C@@H]1O. The van der Waals surface area contributed by atoms with Crippen LogP contribution >= 0.6 is 0 Å². The molecule has 1 unspecified atom stereocenters. The van der Waals surface area contributed by atoms with Crippen LogP contribution in [0, 0.1) is 0 Å². The maximum atomic E-state index is 13.2. The van der Waals surface area contributed by atoms with Gasteiger partial charge >= 0.3 is 0 Å². The Morgan fingerprint density at radius 2 is 0.396 bits per heavy atom. The van der Waals surface area contributed by atoms with E-state index in [1.165, 1.54) is 0 Å². The fraction of sp³-hybridized carbons (Fsp3) is 0.974. The first-order valence-corrected chi connectivity index (χ1v) is 44.2. The first-order valence-electron chi connectivity index (χ1n) is 44.2. The van der Waals surface area contributed by atoms with Gasteiger partial charge in [0, 0.05) is 13.8 Å². The lowest BCUT2D eigenvalue weighted by Gasteiger charge is -2.51. The molecule has 0 saturated carbocycles. The van der Waals surface area contributed by atoms with Crippen molar-refractivity contribution in [1.29, 1.82) is 0 Å². The van der Waals surface area contributed by atoms with E-state index in [0.29, 0.717) is 0 Å². The lowest BCUT2D eigenvalue weighted by atomic mass is 9.94. The molecule has 12 aliphatic heterocycles. The van der Waals surface area contributed by atoms with Crippen molar-refractivity contribution in [2.45, 2.75) is 382 Å². The van der Waals surface area contributed by atoms with Gasteiger partial charge in [-0.1, -0.05) is 0 Å². The van der Waals surface area contributed by atoms with Gasteiger partial charge in [-0.3, -0.25) is 9.59 Å². The number of nitrogens with one attached hydrogen (secondary N) is 2. The van der Waals surface area contributed by atoms with Gasteiger partial charge in [-0.2, -0.15) is 0 Å². The highest BCUT2D eigenvalue weighted by molar-refractivity contribution is 5.73. The second-order valence-electron chi connectivity index (χ2n) is 35.2. The van der Waals surface area contributed by atoms with Crippen LogP contribution in [0.15, 0.2) is 0 Å².